The molecule has 0 aliphatic rings. The van der Waals surface area contributed by atoms with Crippen molar-refractivity contribution < 1.29 is 9.90 Å². The number of carbonyl (C=O) groups excluding carboxylic acids is 1. The third-order valence-corrected chi connectivity index (χ3v) is 4.08. The molecule has 0 fully saturated rings. The van der Waals surface area contributed by atoms with E-state index in [0.717, 1.165) is 16.1 Å². The highest BCUT2D eigenvalue weighted by atomic mass is 32.1. The Balaban J connectivity index is 1.83. The number of rotatable bonds is 6. The molecule has 1 unspecified atom stereocenters. The monoisotopic (exact) mass is 304 g/mol. The van der Waals surface area contributed by atoms with E-state index in [2.05, 4.69) is 5.32 Å². The number of benzene rings is 1. The van der Waals surface area contributed by atoms with Crippen LogP contribution in [0.2, 0.25) is 0 Å². The Kier molecular flexibility index (Phi) is 5.36. The van der Waals surface area contributed by atoms with E-state index in [1.54, 1.807) is 11.3 Å². The highest BCUT2D eigenvalue weighted by Gasteiger charge is 2.10. The number of thiophene rings is 1. The van der Waals surface area contributed by atoms with E-state index < -0.39 is 6.10 Å². The molecule has 0 radical (unpaired) electrons. The summed E-state index contributed by atoms with van der Waals surface area (Å²) in [4.78, 5) is 14.8. The van der Waals surface area contributed by atoms with Gasteiger partial charge in [-0.3, -0.25) is 4.79 Å². The maximum absolute atomic E-state index is 11.8. The highest BCUT2D eigenvalue weighted by molar-refractivity contribution is 7.10. The highest BCUT2D eigenvalue weighted by Crippen LogP contribution is 2.17. The van der Waals surface area contributed by atoms with Crippen LogP contribution in [0.3, 0.4) is 0 Å². The summed E-state index contributed by atoms with van der Waals surface area (Å²) < 4.78 is 0. The van der Waals surface area contributed by atoms with E-state index in [1.165, 1.54) is 0 Å². The van der Waals surface area contributed by atoms with E-state index >= 15 is 0 Å². The fourth-order valence-corrected chi connectivity index (χ4v) is 2.66. The Morgan fingerprint density at radius 3 is 2.57 bits per heavy atom. The molecular weight excluding hydrogens is 284 g/mol. The van der Waals surface area contributed by atoms with Gasteiger partial charge in [-0.1, -0.05) is 18.2 Å². The van der Waals surface area contributed by atoms with Gasteiger partial charge in [-0.15, -0.1) is 11.3 Å². The van der Waals surface area contributed by atoms with Crippen LogP contribution in [0.25, 0.3) is 0 Å². The number of hydrogen-bond donors (Lipinski definition) is 2. The minimum Gasteiger partial charge on any atom is -0.387 e. The Morgan fingerprint density at radius 1 is 1.29 bits per heavy atom. The fraction of sp³-hybridized carbons (Fsp3) is 0.312. The number of aliphatic hydroxyl groups excluding tert-OH is 1. The Hall–Kier alpha value is -1.85. The van der Waals surface area contributed by atoms with Crippen molar-refractivity contribution >= 4 is 22.9 Å². The zero-order chi connectivity index (χ0) is 15.2. The molecular formula is C16H20N2O2S. The molecule has 112 valence electrons. The summed E-state index contributed by atoms with van der Waals surface area (Å²) in [6, 6.07) is 11.5. The van der Waals surface area contributed by atoms with Gasteiger partial charge in [0, 0.05) is 31.2 Å². The van der Waals surface area contributed by atoms with Crippen molar-refractivity contribution in [2.75, 3.05) is 25.5 Å². The molecule has 1 heterocycles. The summed E-state index contributed by atoms with van der Waals surface area (Å²) >= 11 is 1.56. The van der Waals surface area contributed by atoms with Gasteiger partial charge in [-0.05, 0) is 29.1 Å². The zero-order valence-corrected chi connectivity index (χ0v) is 13.1. The van der Waals surface area contributed by atoms with Gasteiger partial charge < -0.3 is 15.3 Å². The lowest BCUT2D eigenvalue weighted by molar-refractivity contribution is -0.120. The molecule has 0 bridgehead atoms. The topological polar surface area (TPSA) is 52.6 Å². The SMILES string of the molecule is CN(C)c1ccc(C(O)CNC(=O)Cc2cccs2)cc1. The van der Waals surface area contributed by atoms with Crippen LogP contribution in [0, 0.1) is 0 Å². The van der Waals surface area contributed by atoms with E-state index in [-0.39, 0.29) is 12.5 Å². The maximum atomic E-state index is 11.8. The molecule has 2 aromatic rings. The molecule has 1 amide bonds. The standard InChI is InChI=1S/C16H20N2O2S/c1-18(2)13-7-5-12(6-8-13)15(19)11-17-16(20)10-14-4-3-9-21-14/h3-9,15,19H,10-11H2,1-2H3,(H,17,20). The summed E-state index contributed by atoms with van der Waals surface area (Å²) in [5.41, 5.74) is 1.88. The number of aliphatic hydroxyl groups is 1. The summed E-state index contributed by atoms with van der Waals surface area (Å²) in [7, 11) is 3.94. The molecule has 0 spiro atoms. The smallest absolute Gasteiger partial charge is 0.225 e. The number of carbonyl (C=O) groups is 1. The van der Waals surface area contributed by atoms with Gasteiger partial charge in [0.25, 0.3) is 0 Å². The van der Waals surface area contributed by atoms with Crippen molar-refractivity contribution in [3.8, 4) is 0 Å². The van der Waals surface area contributed by atoms with Gasteiger partial charge in [-0.25, -0.2) is 0 Å². The van der Waals surface area contributed by atoms with Crippen LogP contribution >= 0.6 is 11.3 Å². The van der Waals surface area contributed by atoms with Crippen LogP contribution in [-0.4, -0.2) is 31.7 Å². The second kappa shape index (κ2) is 7.24. The molecule has 5 heteroatoms. The molecule has 2 rings (SSSR count). The number of anilines is 1. The zero-order valence-electron chi connectivity index (χ0n) is 12.2. The lowest BCUT2D eigenvalue weighted by Crippen LogP contribution is -2.29. The molecule has 4 nitrogen and oxygen atoms in total. The number of nitrogens with one attached hydrogen (secondary N) is 1. The summed E-state index contributed by atoms with van der Waals surface area (Å²) in [5.74, 6) is -0.0681. The minimum absolute atomic E-state index is 0.0681. The van der Waals surface area contributed by atoms with Gasteiger partial charge in [0.15, 0.2) is 0 Å². The summed E-state index contributed by atoms with van der Waals surface area (Å²) in [6.45, 7) is 0.228. The van der Waals surface area contributed by atoms with Crippen molar-refractivity contribution in [3.63, 3.8) is 0 Å². The molecule has 1 atom stereocenters. The van der Waals surface area contributed by atoms with Crippen LogP contribution in [0.1, 0.15) is 16.5 Å². The van der Waals surface area contributed by atoms with Crippen LogP contribution in [0.5, 0.6) is 0 Å². The van der Waals surface area contributed by atoms with Gasteiger partial charge in [0.2, 0.25) is 5.91 Å². The van der Waals surface area contributed by atoms with Gasteiger partial charge >= 0.3 is 0 Å². The van der Waals surface area contributed by atoms with E-state index in [4.69, 9.17) is 0 Å². The Morgan fingerprint density at radius 2 is 2.00 bits per heavy atom. The Labute approximate surface area is 129 Å². The minimum atomic E-state index is -0.687. The predicted molar refractivity (Wildman–Crippen MR) is 86.8 cm³/mol. The number of hydrogen-bond acceptors (Lipinski definition) is 4. The van der Waals surface area contributed by atoms with Crippen LogP contribution < -0.4 is 10.2 Å². The van der Waals surface area contributed by atoms with E-state index in [9.17, 15) is 9.90 Å². The first-order valence-corrected chi connectivity index (χ1v) is 7.68. The molecule has 1 aromatic carbocycles. The van der Waals surface area contributed by atoms with E-state index in [0.29, 0.717) is 6.42 Å². The van der Waals surface area contributed by atoms with Crippen LogP contribution in [-0.2, 0) is 11.2 Å². The second-order valence-corrected chi connectivity index (χ2v) is 6.09. The molecule has 0 saturated carbocycles. The normalized spacial score (nSPS) is 12.0. The molecule has 0 saturated heterocycles. The third kappa shape index (κ3) is 4.58. The van der Waals surface area contributed by atoms with Crippen LogP contribution in [0.15, 0.2) is 41.8 Å². The average Bonchev–Trinajstić information content (AvgIpc) is 2.97. The molecule has 0 aliphatic carbocycles. The first-order valence-electron chi connectivity index (χ1n) is 6.80. The van der Waals surface area contributed by atoms with Gasteiger partial charge in [0.05, 0.1) is 12.5 Å². The van der Waals surface area contributed by atoms with Gasteiger partial charge in [0.1, 0.15) is 0 Å². The van der Waals surface area contributed by atoms with Crippen molar-refractivity contribution in [3.05, 3.63) is 52.2 Å². The van der Waals surface area contributed by atoms with Crippen molar-refractivity contribution in [1.29, 1.82) is 0 Å². The van der Waals surface area contributed by atoms with Crippen LogP contribution in [0.4, 0.5) is 5.69 Å². The first-order chi connectivity index (χ1) is 10.1. The molecule has 0 aliphatic heterocycles. The predicted octanol–water partition coefficient (Wildman–Crippen LogP) is 2.21. The lowest BCUT2D eigenvalue weighted by Gasteiger charge is -2.15. The van der Waals surface area contributed by atoms with Gasteiger partial charge in [-0.2, -0.15) is 0 Å². The Bertz CT molecular complexity index is 564. The molecule has 1 aromatic heterocycles. The summed E-state index contributed by atoms with van der Waals surface area (Å²) in [6.07, 6.45) is -0.322. The fourth-order valence-electron chi connectivity index (χ4n) is 1.96. The largest absolute Gasteiger partial charge is 0.387 e. The summed E-state index contributed by atoms with van der Waals surface area (Å²) in [5, 5.41) is 14.8. The molecule has 21 heavy (non-hydrogen) atoms. The number of nitrogens with zero attached hydrogens (tertiary/aromatic N) is 1. The van der Waals surface area contributed by atoms with E-state index in [1.807, 2.05) is 60.8 Å². The quantitative estimate of drug-likeness (QED) is 0.860. The molecule has 2 N–H and O–H groups in total. The average molecular weight is 304 g/mol. The third-order valence-electron chi connectivity index (χ3n) is 3.20. The van der Waals surface area contributed by atoms with Crippen molar-refractivity contribution in [2.24, 2.45) is 0 Å². The lowest BCUT2D eigenvalue weighted by atomic mass is 10.1. The number of amides is 1. The van der Waals surface area contributed by atoms with Crippen molar-refractivity contribution in [1.82, 2.24) is 5.32 Å². The second-order valence-electron chi connectivity index (χ2n) is 5.06. The maximum Gasteiger partial charge on any atom is 0.225 e. The van der Waals surface area contributed by atoms with Crippen molar-refractivity contribution in [2.45, 2.75) is 12.5 Å². The first kappa shape index (κ1) is 15.5.